The molecule has 286 valence electrons. The van der Waals surface area contributed by atoms with Crippen molar-refractivity contribution >= 4 is 37.1 Å². The summed E-state index contributed by atoms with van der Waals surface area (Å²) in [5.74, 6) is 2.00. The molecule has 0 saturated heterocycles. The summed E-state index contributed by atoms with van der Waals surface area (Å²) in [6, 6.07) is 24.0. The van der Waals surface area contributed by atoms with Crippen molar-refractivity contribution in [3.8, 4) is 11.5 Å². The van der Waals surface area contributed by atoms with Crippen LogP contribution in [0.4, 0.5) is 0 Å². The monoisotopic (exact) mass is 790 g/mol. The standard InChI is InChI=1S/C41H50O2P2.C5H8.2CH3.Fe/c1-25-15-26(2)18-34(17-25)44(35-19-27(3)16-28(4)20-35)33(9)38-13-12-14-39(38)45(36-21-29(5)40(42-10)30(6)22-36)37-23-31(7)41(43-11)32(8)24-37;1-2-4-5-3-1;;;/h15-24,33H,12-14H2,1-11H3;1-2H,3-5H2;2*1H3;/q;;2*-1;+2/t33-;;;;/m1..../s1. The number of aryl methyl sites for hydroxylation is 8. The molecular formula is C48H64FeO2P2. The molecule has 4 aromatic rings. The fraction of sp³-hybridized carbons (Fsp3) is 0.375. The van der Waals surface area contributed by atoms with Crippen LogP contribution in [0, 0.1) is 70.2 Å². The minimum absolute atomic E-state index is 0. The van der Waals surface area contributed by atoms with Gasteiger partial charge in [-0.05, 0) is 183 Å². The van der Waals surface area contributed by atoms with Crippen LogP contribution >= 0.6 is 15.8 Å². The number of hydrogen-bond acceptors (Lipinski definition) is 2. The summed E-state index contributed by atoms with van der Waals surface area (Å²) in [7, 11) is 2.24. The summed E-state index contributed by atoms with van der Waals surface area (Å²) < 4.78 is 11.6. The van der Waals surface area contributed by atoms with Crippen molar-refractivity contribution in [3.05, 3.63) is 143 Å². The molecule has 6 rings (SSSR count). The summed E-state index contributed by atoms with van der Waals surface area (Å²) in [4.78, 5) is 0. The molecule has 4 aromatic carbocycles. The number of ether oxygens (including phenoxy) is 2. The van der Waals surface area contributed by atoms with E-state index >= 15 is 0 Å². The zero-order chi connectivity index (χ0) is 36.1. The van der Waals surface area contributed by atoms with Gasteiger partial charge in [-0.2, -0.15) is 0 Å². The number of hydrogen-bond donors (Lipinski definition) is 0. The quantitative estimate of drug-likeness (QED) is 0.0728. The van der Waals surface area contributed by atoms with Gasteiger partial charge < -0.3 is 24.3 Å². The Bertz CT molecular complexity index is 1700. The van der Waals surface area contributed by atoms with Gasteiger partial charge in [-0.25, -0.2) is 0 Å². The molecule has 0 unspecified atom stereocenters. The van der Waals surface area contributed by atoms with Gasteiger partial charge in [0.25, 0.3) is 0 Å². The van der Waals surface area contributed by atoms with Crippen LogP contribution in [0.3, 0.4) is 0 Å². The predicted octanol–water partition coefficient (Wildman–Crippen LogP) is 12.2. The third kappa shape index (κ3) is 11.0. The molecule has 0 heterocycles. The zero-order valence-corrected chi connectivity index (χ0v) is 37.7. The van der Waals surface area contributed by atoms with Crippen molar-refractivity contribution in [2.45, 2.75) is 106 Å². The number of allylic oxidation sites excluding steroid dienone is 4. The molecule has 2 aliphatic carbocycles. The Morgan fingerprint density at radius 1 is 0.509 bits per heavy atom. The van der Waals surface area contributed by atoms with Crippen LogP contribution < -0.4 is 30.7 Å². The summed E-state index contributed by atoms with van der Waals surface area (Å²) in [5.41, 5.74) is 12.4. The second kappa shape index (κ2) is 20.9. The molecule has 0 radical (unpaired) electrons. The topological polar surface area (TPSA) is 18.5 Å². The van der Waals surface area contributed by atoms with E-state index in [1.807, 2.05) is 0 Å². The Kier molecular flexibility index (Phi) is 18.3. The molecule has 0 bridgehead atoms. The largest absolute Gasteiger partial charge is 2.00 e. The van der Waals surface area contributed by atoms with E-state index in [0.29, 0.717) is 5.66 Å². The molecule has 0 aromatic heterocycles. The van der Waals surface area contributed by atoms with Crippen molar-refractivity contribution in [2.24, 2.45) is 0 Å². The molecule has 5 heteroatoms. The number of methoxy groups -OCH3 is 2. The van der Waals surface area contributed by atoms with Crippen LogP contribution in [0.1, 0.15) is 90.0 Å². The first-order chi connectivity index (χ1) is 23.9. The normalized spacial score (nSPS) is 13.9. The first-order valence-electron chi connectivity index (χ1n) is 18.3. The molecule has 2 nitrogen and oxygen atoms in total. The van der Waals surface area contributed by atoms with Gasteiger partial charge in [0, 0.05) is 5.66 Å². The van der Waals surface area contributed by atoms with E-state index in [-0.39, 0.29) is 31.9 Å². The summed E-state index contributed by atoms with van der Waals surface area (Å²) in [6.07, 6.45) is 12.0. The van der Waals surface area contributed by atoms with E-state index in [1.54, 1.807) is 25.1 Å². The number of rotatable bonds is 9. The van der Waals surface area contributed by atoms with Crippen molar-refractivity contribution in [1.82, 2.24) is 0 Å². The first-order valence-corrected chi connectivity index (χ1v) is 21.1. The summed E-state index contributed by atoms with van der Waals surface area (Å²) in [5, 5.41) is 7.51. The van der Waals surface area contributed by atoms with Gasteiger partial charge in [-0.3, -0.25) is 0 Å². The molecule has 0 aliphatic heterocycles. The molecule has 2 aliphatic rings. The first kappa shape index (κ1) is 46.5. The van der Waals surface area contributed by atoms with Gasteiger partial charge in [0.1, 0.15) is 11.5 Å². The Labute approximate surface area is 337 Å². The molecule has 0 saturated carbocycles. The van der Waals surface area contributed by atoms with E-state index in [0.717, 1.165) is 17.9 Å². The van der Waals surface area contributed by atoms with Crippen LogP contribution in [-0.4, -0.2) is 19.9 Å². The average Bonchev–Trinajstić information content (AvgIpc) is 3.77. The van der Waals surface area contributed by atoms with Gasteiger partial charge in [0.2, 0.25) is 0 Å². The second-order valence-corrected chi connectivity index (χ2v) is 19.3. The van der Waals surface area contributed by atoms with Gasteiger partial charge in [0.05, 0.1) is 14.2 Å². The van der Waals surface area contributed by atoms with Crippen molar-refractivity contribution in [1.29, 1.82) is 0 Å². The molecule has 53 heavy (non-hydrogen) atoms. The van der Waals surface area contributed by atoms with E-state index in [1.165, 1.54) is 97.8 Å². The zero-order valence-electron chi connectivity index (χ0n) is 34.8. The van der Waals surface area contributed by atoms with E-state index in [2.05, 4.69) is 135 Å². The van der Waals surface area contributed by atoms with E-state index in [4.69, 9.17) is 9.47 Å². The van der Waals surface area contributed by atoms with Crippen molar-refractivity contribution in [2.75, 3.05) is 14.2 Å². The maximum Gasteiger partial charge on any atom is 2.00 e. The smallest absolute Gasteiger partial charge is 0.496 e. The SMILES string of the molecule is C1=CCCC1.COc1c(C)cc(P(C2=C([C@@H](C)P(c3cc(C)cc(C)c3)c3cc(C)cc(C)c3)CCC2)c2cc(C)c(OC)c(C)c2)cc1C.[CH3-].[CH3-].[Fe+2]. The van der Waals surface area contributed by atoms with E-state index < -0.39 is 15.8 Å². The van der Waals surface area contributed by atoms with Crippen molar-refractivity contribution < 1.29 is 26.5 Å². The molecule has 0 N–H and O–H groups in total. The summed E-state index contributed by atoms with van der Waals surface area (Å²) >= 11 is 0. The number of benzene rings is 4. The second-order valence-electron chi connectivity index (χ2n) is 14.5. The van der Waals surface area contributed by atoms with Crippen LogP contribution in [0.5, 0.6) is 11.5 Å². The predicted molar refractivity (Wildman–Crippen MR) is 235 cm³/mol. The third-order valence-corrected chi connectivity index (χ3v) is 15.4. The van der Waals surface area contributed by atoms with Crippen LogP contribution in [0.15, 0.2) is 83.7 Å². The Morgan fingerprint density at radius 2 is 0.887 bits per heavy atom. The Morgan fingerprint density at radius 3 is 1.21 bits per heavy atom. The molecular weight excluding hydrogens is 726 g/mol. The minimum Gasteiger partial charge on any atom is -0.496 e. The van der Waals surface area contributed by atoms with Crippen LogP contribution in [0.2, 0.25) is 0 Å². The van der Waals surface area contributed by atoms with Crippen molar-refractivity contribution in [3.63, 3.8) is 0 Å². The van der Waals surface area contributed by atoms with E-state index in [9.17, 15) is 0 Å². The maximum atomic E-state index is 5.82. The van der Waals surface area contributed by atoms with Crippen LogP contribution in [0.25, 0.3) is 0 Å². The molecule has 0 fully saturated rings. The molecule has 0 amide bonds. The fourth-order valence-corrected chi connectivity index (χ4v) is 14.6. The van der Waals surface area contributed by atoms with Gasteiger partial charge in [-0.1, -0.05) is 83.3 Å². The molecule has 1 atom stereocenters. The molecule has 0 spiro atoms. The average molecular weight is 791 g/mol. The minimum atomic E-state index is -0.732. The maximum absolute atomic E-state index is 5.82. The summed E-state index contributed by atoms with van der Waals surface area (Å²) in [6.45, 7) is 20.3. The van der Waals surface area contributed by atoms with Gasteiger partial charge in [-0.15, -0.1) is 0 Å². The Balaban J connectivity index is 0.00000112. The van der Waals surface area contributed by atoms with Gasteiger partial charge in [0.15, 0.2) is 0 Å². The van der Waals surface area contributed by atoms with Gasteiger partial charge >= 0.3 is 17.1 Å². The Hall–Kier alpha value is -2.66. The fourth-order valence-electron chi connectivity index (χ4n) is 8.20. The van der Waals surface area contributed by atoms with Crippen LogP contribution in [-0.2, 0) is 17.1 Å². The third-order valence-electron chi connectivity index (χ3n) is 10.1.